The molecule has 2 aromatic rings. The lowest BCUT2D eigenvalue weighted by Gasteiger charge is -2.05. The Balaban J connectivity index is 2.21. The second kappa shape index (κ2) is 5.47. The Morgan fingerprint density at radius 1 is 1.41 bits per heavy atom. The zero-order valence-corrected chi connectivity index (χ0v) is 11.4. The van der Waals surface area contributed by atoms with E-state index in [0.717, 1.165) is 28.0 Å². The number of nitrogens with one attached hydrogen (secondary N) is 1. The van der Waals surface area contributed by atoms with Gasteiger partial charge in [0.05, 0.1) is 11.9 Å². The minimum absolute atomic E-state index is 0.452. The Morgan fingerprint density at radius 3 is 2.88 bits per heavy atom. The number of imidazole rings is 1. The minimum atomic E-state index is 0.452. The topological polar surface area (TPSA) is 54.7 Å². The first kappa shape index (κ1) is 12.3. The SMILES string of the molecule is CC(CN)Cc1ncc(-c2ccccc2Br)[nH]1. The molecule has 17 heavy (non-hydrogen) atoms. The van der Waals surface area contributed by atoms with Crippen LogP contribution >= 0.6 is 15.9 Å². The molecule has 0 saturated carbocycles. The molecular weight excluding hydrogens is 278 g/mol. The monoisotopic (exact) mass is 293 g/mol. The molecule has 1 aromatic carbocycles. The molecule has 0 aliphatic rings. The van der Waals surface area contributed by atoms with Crippen molar-refractivity contribution in [3.63, 3.8) is 0 Å². The summed E-state index contributed by atoms with van der Waals surface area (Å²) in [5.41, 5.74) is 7.78. The fraction of sp³-hybridized carbons (Fsp3) is 0.308. The molecule has 0 saturated heterocycles. The summed E-state index contributed by atoms with van der Waals surface area (Å²) in [5, 5.41) is 0. The molecule has 0 fully saturated rings. The van der Waals surface area contributed by atoms with Gasteiger partial charge in [0.15, 0.2) is 0 Å². The maximum Gasteiger partial charge on any atom is 0.106 e. The molecule has 1 atom stereocenters. The van der Waals surface area contributed by atoms with Crippen LogP contribution in [-0.4, -0.2) is 16.5 Å². The number of hydrogen-bond donors (Lipinski definition) is 2. The van der Waals surface area contributed by atoms with Crippen molar-refractivity contribution in [2.24, 2.45) is 11.7 Å². The Bertz CT molecular complexity index is 493. The highest BCUT2D eigenvalue weighted by molar-refractivity contribution is 9.10. The van der Waals surface area contributed by atoms with Crippen molar-refractivity contribution in [3.05, 3.63) is 40.8 Å². The van der Waals surface area contributed by atoms with Crippen molar-refractivity contribution in [1.82, 2.24) is 9.97 Å². The summed E-state index contributed by atoms with van der Waals surface area (Å²) >= 11 is 3.54. The van der Waals surface area contributed by atoms with Gasteiger partial charge in [-0.3, -0.25) is 0 Å². The maximum absolute atomic E-state index is 5.61. The normalized spacial score (nSPS) is 12.6. The van der Waals surface area contributed by atoms with Gasteiger partial charge < -0.3 is 10.7 Å². The van der Waals surface area contributed by atoms with Crippen LogP contribution in [0.5, 0.6) is 0 Å². The lowest BCUT2D eigenvalue weighted by Crippen LogP contribution is -2.13. The third kappa shape index (κ3) is 2.96. The Labute approximate surface area is 110 Å². The van der Waals surface area contributed by atoms with E-state index in [9.17, 15) is 0 Å². The molecule has 3 nitrogen and oxygen atoms in total. The van der Waals surface area contributed by atoms with E-state index in [-0.39, 0.29) is 0 Å². The number of H-pyrrole nitrogens is 1. The van der Waals surface area contributed by atoms with Crippen LogP contribution in [0.15, 0.2) is 34.9 Å². The molecule has 0 aliphatic carbocycles. The van der Waals surface area contributed by atoms with Crippen LogP contribution < -0.4 is 5.73 Å². The van der Waals surface area contributed by atoms with Gasteiger partial charge in [-0.05, 0) is 18.5 Å². The largest absolute Gasteiger partial charge is 0.342 e. The number of rotatable bonds is 4. The highest BCUT2D eigenvalue weighted by Gasteiger charge is 2.08. The first-order valence-electron chi connectivity index (χ1n) is 5.69. The van der Waals surface area contributed by atoms with E-state index in [2.05, 4.69) is 38.9 Å². The van der Waals surface area contributed by atoms with Crippen LogP contribution in [0.1, 0.15) is 12.7 Å². The van der Waals surface area contributed by atoms with Crippen molar-refractivity contribution in [1.29, 1.82) is 0 Å². The molecule has 1 heterocycles. The summed E-state index contributed by atoms with van der Waals surface area (Å²) in [6.45, 7) is 2.81. The summed E-state index contributed by atoms with van der Waals surface area (Å²) in [5.74, 6) is 1.45. The van der Waals surface area contributed by atoms with Gasteiger partial charge in [-0.15, -0.1) is 0 Å². The molecular formula is C13H16BrN3. The fourth-order valence-corrected chi connectivity index (χ4v) is 2.19. The van der Waals surface area contributed by atoms with E-state index in [1.165, 1.54) is 0 Å². The van der Waals surface area contributed by atoms with E-state index in [1.807, 2.05) is 24.4 Å². The van der Waals surface area contributed by atoms with Crippen LogP contribution in [0.3, 0.4) is 0 Å². The second-order valence-electron chi connectivity index (χ2n) is 4.27. The summed E-state index contributed by atoms with van der Waals surface area (Å²) in [6, 6.07) is 8.11. The van der Waals surface area contributed by atoms with Crippen LogP contribution in [0.2, 0.25) is 0 Å². The molecule has 0 amide bonds. The van der Waals surface area contributed by atoms with Gasteiger partial charge in [-0.1, -0.05) is 41.1 Å². The van der Waals surface area contributed by atoms with Crippen molar-refractivity contribution in [2.75, 3.05) is 6.54 Å². The van der Waals surface area contributed by atoms with Gasteiger partial charge in [-0.25, -0.2) is 4.98 Å². The Kier molecular flexibility index (Phi) is 3.97. The van der Waals surface area contributed by atoms with Gasteiger partial charge >= 0.3 is 0 Å². The molecule has 1 unspecified atom stereocenters. The number of nitrogens with two attached hydrogens (primary N) is 1. The second-order valence-corrected chi connectivity index (χ2v) is 5.12. The van der Waals surface area contributed by atoms with Crippen molar-refractivity contribution < 1.29 is 0 Å². The zero-order chi connectivity index (χ0) is 12.3. The predicted octanol–water partition coefficient (Wildman–Crippen LogP) is 2.98. The first-order chi connectivity index (χ1) is 8.20. The van der Waals surface area contributed by atoms with Crippen LogP contribution in [0.4, 0.5) is 0 Å². The quantitative estimate of drug-likeness (QED) is 0.911. The van der Waals surface area contributed by atoms with Gasteiger partial charge in [0.1, 0.15) is 5.82 Å². The number of benzene rings is 1. The lowest BCUT2D eigenvalue weighted by atomic mass is 10.1. The molecule has 1 aromatic heterocycles. The minimum Gasteiger partial charge on any atom is -0.342 e. The molecule has 0 spiro atoms. The van der Waals surface area contributed by atoms with Crippen molar-refractivity contribution >= 4 is 15.9 Å². The predicted molar refractivity (Wildman–Crippen MR) is 73.6 cm³/mol. The van der Waals surface area contributed by atoms with E-state index < -0.39 is 0 Å². The van der Waals surface area contributed by atoms with Crippen molar-refractivity contribution in [2.45, 2.75) is 13.3 Å². The Hall–Kier alpha value is -1.13. The molecule has 0 bridgehead atoms. The lowest BCUT2D eigenvalue weighted by molar-refractivity contribution is 0.577. The smallest absolute Gasteiger partial charge is 0.106 e. The van der Waals surface area contributed by atoms with Crippen LogP contribution in [-0.2, 0) is 6.42 Å². The summed E-state index contributed by atoms with van der Waals surface area (Å²) in [7, 11) is 0. The Morgan fingerprint density at radius 2 is 2.18 bits per heavy atom. The first-order valence-corrected chi connectivity index (χ1v) is 6.49. The number of aromatic nitrogens is 2. The molecule has 3 N–H and O–H groups in total. The maximum atomic E-state index is 5.61. The molecule has 0 radical (unpaired) electrons. The van der Waals surface area contributed by atoms with Gasteiger partial charge in [-0.2, -0.15) is 0 Å². The van der Waals surface area contributed by atoms with E-state index >= 15 is 0 Å². The fourth-order valence-electron chi connectivity index (χ4n) is 1.70. The number of aromatic amines is 1. The average molecular weight is 294 g/mol. The van der Waals surface area contributed by atoms with Gasteiger partial charge in [0, 0.05) is 16.5 Å². The number of hydrogen-bond acceptors (Lipinski definition) is 2. The summed E-state index contributed by atoms with van der Waals surface area (Å²) in [6.07, 6.45) is 2.76. The molecule has 2 rings (SSSR count). The standard InChI is InChI=1S/C13H16BrN3/c1-9(7-15)6-13-16-8-12(17-13)10-4-2-3-5-11(10)14/h2-5,8-9H,6-7,15H2,1H3,(H,16,17). The third-order valence-corrected chi connectivity index (χ3v) is 3.43. The van der Waals surface area contributed by atoms with Crippen LogP contribution in [0, 0.1) is 5.92 Å². The van der Waals surface area contributed by atoms with Crippen LogP contribution in [0.25, 0.3) is 11.3 Å². The molecule has 0 aliphatic heterocycles. The third-order valence-electron chi connectivity index (χ3n) is 2.74. The van der Waals surface area contributed by atoms with E-state index in [4.69, 9.17) is 5.73 Å². The molecule has 90 valence electrons. The van der Waals surface area contributed by atoms with E-state index in [0.29, 0.717) is 12.5 Å². The number of nitrogens with zero attached hydrogens (tertiary/aromatic N) is 1. The highest BCUT2D eigenvalue weighted by Crippen LogP contribution is 2.26. The summed E-state index contributed by atoms with van der Waals surface area (Å²) in [4.78, 5) is 7.73. The number of halogens is 1. The molecule has 4 heteroatoms. The summed E-state index contributed by atoms with van der Waals surface area (Å²) < 4.78 is 1.07. The average Bonchev–Trinajstić information content (AvgIpc) is 2.78. The van der Waals surface area contributed by atoms with E-state index in [1.54, 1.807) is 0 Å². The van der Waals surface area contributed by atoms with Crippen molar-refractivity contribution in [3.8, 4) is 11.3 Å². The zero-order valence-electron chi connectivity index (χ0n) is 9.78. The van der Waals surface area contributed by atoms with Gasteiger partial charge in [0.2, 0.25) is 0 Å². The highest BCUT2D eigenvalue weighted by atomic mass is 79.9. The van der Waals surface area contributed by atoms with Gasteiger partial charge in [0.25, 0.3) is 0 Å².